The van der Waals surface area contributed by atoms with Crippen molar-refractivity contribution in [2.24, 2.45) is 0 Å². The van der Waals surface area contributed by atoms with Crippen LogP contribution in [0.2, 0.25) is 0 Å². The number of aromatic nitrogens is 1. The molecule has 0 saturated carbocycles. The van der Waals surface area contributed by atoms with Crippen LogP contribution in [-0.2, 0) is 0 Å². The Hall–Kier alpha value is -2.16. The summed E-state index contributed by atoms with van der Waals surface area (Å²) < 4.78 is 5.81. The number of Topliss-reactive ketones (excluding diaryl/α,β-unsaturated/α-hetero) is 1. The van der Waals surface area contributed by atoms with Crippen molar-refractivity contribution >= 4 is 5.78 Å². The van der Waals surface area contributed by atoms with Crippen LogP contribution in [0.4, 0.5) is 0 Å². The first-order valence-electron chi connectivity index (χ1n) is 5.86. The summed E-state index contributed by atoms with van der Waals surface area (Å²) in [5.41, 5.74) is 1.44. The van der Waals surface area contributed by atoms with Gasteiger partial charge in [0, 0.05) is 6.20 Å². The summed E-state index contributed by atoms with van der Waals surface area (Å²) in [4.78, 5) is 15.7. The molecule has 0 fully saturated rings. The second-order valence-electron chi connectivity index (χ2n) is 4.07. The molecule has 0 amide bonds. The monoisotopic (exact) mass is 241 g/mol. The summed E-state index contributed by atoms with van der Waals surface area (Å²) in [5.74, 6) is 0.599. The molecule has 3 heteroatoms. The molecule has 1 aromatic heterocycles. The number of pyridine rings is 1. The van der Waals surface area contributed by atoms with Crippen molar-refractivity contribution in [2.75, 3.05) is 0 Å². The Morgan fingerprint density at radius 1 is 1.17 bits per heavy atom. The van der Waals surface area contributed by atoms with Crippen LogP contribution in [-0.4, -0.2) is 10.8 Å². The van der Waals surface area contributed by atoms with Crippen molar-refractivity contribution in [2.45, 2.75) is 20.0 Å². The molecule has 0 saturated heterocycles. The van der Waals surface area contributed by atoms with E-state index < -0.39 is 0 Å². The molecular weight excluding hydrogens is 226 g/mol. The summed E-state index contributed by atoms with van der Waals surface area (Å²) in [6.45, 7) is 3.45. The topological polar surface area (TPSA) is 39.2 Å². The van der Waals surface area contributed by atoms with E-state index >= 15 is 0 Å². The number of ether oxygens (including phenoxy) is 1. The molecule has 0 aliphatic carbocycles. The van der Waals surface area contributed by atoms with Gasteiger partial charge in [-0.2, -0.15) is 0 Å². The number of ketones is 1. The molecule has 2 rings (SSSR count). The molecule has 92 valence electrons. The van der Waals surface area contributed by atoms with E-state index in [4.69, 9.17) is 4.74 Å². The van der Waals surface area contributed by atoms with Gasteiger partial charge in [0.05, 0.1) is 11.3 Å². The molecule has 1 aromatic carbocycles. The van der Waals surface area contributed by atoms with E-state index in [-0.39, 0.29) is 11.9 Å². The minimum absolute atomic E-state index is 0.00109. The van der Waals surface area contributed by atoms with Gasteiger partial charge < -0.3 is 4.74 Å². The van der Waals surface area contributed by atoms with E-state index in [1.54, 1.807) is 18.3 Å². The van der Waals surface area contributed by atoms with E-state index in [1.807, 2.05) is 37.3 Å². The highest BCUT2D eigenvalue weighted by molar-refractivity contribution is 5.96. The van der Waals surface area contributed by atoms with Crippen LogP contribution in [0.15, 0.2) is 48.7 Å². The summed E-state index contributed by atoms with van der Waals surface area (Å²) in [5, 5.41) is 0. The highest BCUT2D eigenvalue weighted by Crippen LogP contribution is 2.24. The second-order valence-corrected chi connectivity index (χ2v) is 4.07. The molecular formula is C15H15NO2. The molecule has 0 aliphatic rings. The Bertz CT molecular complexity index is 537. The highest BCUT2D eigenvalue weighted by atomic mass is 16.5. The highest BCUT2D eigenvalue weighted by Gasteiger charge is 2.12. The van der Waals surface area contributed by atoms with Crippen molar-refractivity contribution in [1.82, 2.24) is 4.98 Å². The van der Waals surface area contributed by atoms with E-state index in [2.05, 4.69) is 4.98 Å². The summed E-state index contributed by atoms with van der Waals surface area (Å²) in [6, 6.07) is 12.9. The number of carbonyl (C=O) groups excluding carboxylic acids is 1. The van der Waals surface area contributed by atoms with Crippen LogP contribution in [0.25, 0.3) is 0 Å². The van der Waals surface area contributed by atoms with Gasteiger partial charge in [-0.25, -0.2) is 0 Å². The van der Waals surface area contributed by atoms with Crippen LogP contribution in [0.5, 0.6) is 5.75 Å². The number of hydrogen-bond donors (Lipinski definition) is 0. The minimum Gasteiger partial charge on any atom is -0.484 e. The number of benzene rings is 1. The van der Waals surface area contributed by atoms with E-state index in [1.165, 1.54) is 6.92 Å². The average molecular weight is 241 g/mol. The molecule has 0 spiro atoms. The Kier molecular flexibility index (Phi) is 3.72. The fraction of sp³-hybridized carbons (Fsp3) is 0.200. The number of para-hydroxylation sites is 1. The van der Waals surface area contributed by atoms with Gasteiger partial charge in [-0.3, -0.25) is 9.78 Å². The zero-order valence-corrected chi connectivity index (χ0v) is 10.5. The third-order valence-electron chi connectivity index (χ3n) is 2.67. The molecule has 1 atom stereocenters. The van der Waals surface area contributed by atoms with Gasteiger partial charge in [0.15, 0.2) is 5.78 Å². The lowest BCUT2D eigenvalue weighted by molar-refractivity contribution is 0.101. The predicted octanol–water partition coefficient (Wildman–Crippen LogP) is 3.42. The third-order valence-corrected chi connectivity index (χ3v) is 2.67. The molecule has 0 N–H and O–H groups in total. The van der Waals surface area contributed by atoms with Gasteiger partial charge in [-0.1, -0.05) is 18.2 Å². The molecule has 1 unspecified atom stereocenters. The first-order valence-corrected chi connectivity index (χ1v) is 5.86. The first kappa shape index (κ1) is 12.3. The lowest BCUT2D eigenvalue weighted by atomic mass is 10.1. The zero-order valence-electron chi connectivity index (χ0n) is 10.5. The van der Waals surface area contributed by atoms with Crippen molar-refractivity contribution in [3.05, 3.63) is 59.9 Å². The largest absolute Gasteiger partial charge is 0.484 e. The maximum Gasteiger partial charge on any atom is 0.163 e. The Labute approximate surface area is 106 Å². The normalized spacial score (nSPS) is 11.9. The first-order chi connectivity index (χ1) is 8.68. The fourth-order valence-electron chi connectivity index (χ4n) is 1.73. The third kappa shape index (κ3) is 2.74. The van der Waals surface area contributed by atoms with E-state index in [9.17, 15) is 4.79 Å². The standard InChI is InChI=1S/C15H15NO2/c1-11(17)13-7-3-4-9-15(13)18-12(2)14-8-5-6-10-16-14/h3-10,12H,1-2H3. The minimum atomic E-state index is -0.188. The molecule has 0 radical (unpaired) electrons. The van der Waals surface area contributed by atoms with Crippen LogP contribution >= 0.6 is 0 Å². The van der Waals surface area contributed by atoms with Crippen molar-refractivity contribution in [1.29, 1.82) is 0 Å². The molecule has 18 heavy (non-hydrogen) atoms. The maximum atomic E-state index is 11.5. The van der Waals surface area contributed by atoms with E-state index in [0.29, 0.717) is 11.3 Å². The van der Waals surface area contributed by atoms with Crippen LogP contribution < -0.4 is 4.74 Å². The zero-order chi connectivity index (χ0) is 13.0. The van der Waals surface area contributed by atoms with Crippen LogP contribution in [0.1, 0.15) is 36.0 Å². The van der Waals surface area contributed by atoms with Crippen molar-refractivity contribution in [3.8, 4) is 5.75 Å². The summed E-state index contributed by atoms with van der Waals surface area (Å²) in [6.07, 6.45) is 1.54. The molecule has 0 bridgehead atoms. The van der Waals surface area contributed by atoms with Crippen LogP contribution in [0.3, 0.4) is 0 Å². The summed E-state index contributed by atoms with van der Waals surface area (Å²) in [7, 11) is 0. The number of nitrogens with zero attached hydrogens (tertiary/aromatic N) is 1. The molecule has 2 aromatic rings. The lowest BCUT2D eigenvalue weighted by Crippen LogP contribution is -2.07. The van der Waals surface area contributed by atoms with E-state index in [0.717, 1.165) is 5.69 Å². The Morgan fingerprint density at radius 3 is 2.56 bits per heavy atom. The Morgan fingerprint density at radius 2 is 1.89 bits per heavy atom. The SMILES string of the molecule is CC(=O)c1ccccc1OC(C)c1ccccn1. The number of hydrogen-bond acceptors (Lipinski definition) is 3. The van der Waals surface area contributed by atoms with Crippen molar-refractivity contribution in [3.63, 3.8) is 0 Å². The summed E-state index contributed by atoms with van der Waals surface area (Å²) >= 11 is 0. The fourth-order valence-corrected chi connectivity index (χ4v) is 1.73. The second kappa shape index (κ2) is 5.45. The lowest BCUT2D eigenvalue weighted by Gasteiger charge is -2.16. The van der Waals surface area contributed by atoms with Crippen molar-refractivity contribution < 1.29 is 9.53 Å². The average Bonchev–Trinajstić information content (AvgIpc) is 2.40. The number of rotatable bonds is 4. The van der Waals surface area contributed by atoms with Gasteiger partial charge in [-0.05, 0) is 38.1 Å². The molecule has 0 aliphatic heterocycles. The van der Waals surface area contributed by atoms with Gasteiger partial charge in [0.2, 0.25) is 0 Å². The quantitative estimate of drug-likeness (QED) is 0.770. The van der Waals surface area contributed by atoms with Crippen LogP contribution in [0, 0.1) is 0 Å². The smallest absolute Gasteiger partial charge is 0.163 e. The van der Waals surface area contributed by atoms with Gasteiger partial charge in [0.25, 0.3) is 0 Å². The molecule has 1 heterocycles. The molecule has 3 nitrogen and oxygen atoms in total. The predicted molar refractivity (Wildman–Crippen MR) is 69.7 cm³/mol. The van der Waals surface area contributed by atoms with Gasteiger partial charge >= 0.3 is 0 Å². The Balaban J connectivity index is 2.22. The number of carbonyl (C=O) groups is 1. The maximum absolute atomic E-state index is 11.5. The van der Waals surface area contributed by atoms with Gasteiger partial charge in [-0.15, -0.1) is 0 Å². The van der Waals surface area contributed by atoms with Gasteiger partial charge in [0.1, 0.15) is 11.9 Å².